The van der Waals surface area contributed by atoms with Crippen molar-refractivity contribution in [2.24, 2.45) is 0 Å². The molecular formula is C20H20F3NO. The quantitative estimate of drug-likeness (QED) is 0.877. The van der Waals surface area contributed by atoms with Crippen LogP contribution in [0.5, 0.6) is 0 Å². The van der Waals surface area contributed by atoms with E-state index in [-0.39, 0.29) is 6.61 Å². The van der Waals surface area contributed by atoms with Crippen molar-refractivity contribution < 1.29 is 18.3 Å². The van der Waals surface area contributed by atoms with Gasteiger partial charge in [0.15, 0.2) is 0 Å². The van der Waals surface area contributed by atoms with E-state index in [1.165, 1.54) is 23.3 Å². The molecule has 0 aromatic heterocycles. The number of β-amino-alcohol motifs (C(OH)–C–C–N with tert-alkyl or cyclic N) is 1. The van der Waals surface area contributed by atoms with Crippen LogP contribution in [0.1, 0.15) is 41.5 Å². The highest BCUT2D eigenvalue weighted by Gasteiger charge is 2.38. The number of hydrogen-bond acceptors (Lipinski definition) is 2. The average molecular weight is 347 g/mol. The zero-order valence-electron chi connectivity index (χ0n) is 13.8. The number of likely N-dealkylation sites (tertiary alicyclic amines) is 1. The van der Waals surface area contributed by atoms with Gasteiger partial charge < -0.3 is 5.11 Å². The lowest BCUT2D eigenvalue weighted by Crippen LogP contribution is -2.34. The summed E-state index contributed by atoms with van der Waals surface area (Å²) in [6.07, 6.45) is -2.13. The fourth-order valence-corrected chi connectivity index (χ4v) is 4.28. The van der Waals surface area contributed by atoms with Crippen molar-refractivity contribution in [1.82, 2.24) is 4.90 Å². The standard InChI is InChI=1S/C20H20F3NO/c21-20(22,23)16-4-1-13(2-5-16)14-3-6-17-15-7-8-24(9-10-25)19(12-15)18(17)11-14/h1-6,11,15,19,25H,7-10,12H2. The summed E-state index contributed by atoms with van der Waals surface area (Å²) in [4.78, 5) is 2.32. The Hall–Kier alpha value is -1.85. The van der Waals surface area contributed by atoms with Gasteiger partial charge in [-0.25, -0.2) is 0 Å². The minimum absolute atomic E-state index is 0.148. The van der Waals surface area contributed by atoms with Crippen molar-refractivity contribution in [3.63, 3.8) is 0 Å². The van der Waals surface area contributed by atoms with Crippen LogP contribution in [0.2, 0.25) is 0 Å². The van der Waals surface area contributed by atoms with Crippen LogP contribution in [-0.4, -0.2) is 29.7 Å². The third kappa shape index (κ3) is 2.96. The number of fused-ring (bicyclic) bond motifs is 5. The largest absolute Gasteiger partial charge is 0.416 e. The van der Waals surface area contributed by atoms with Crippen LogP contribution in [0.25, 0.3) is 11.1 Å². The summed E-state index contributed by atoms with van der Waals surface area (Å²) in [6, 6.07) is 11.9. The van der Waals surface area contributed by atoms with Gasteiger partial charge in [-0.1, -0.05) is 24.3 Å². The monoisotopic (exact) mass is 347 g/mol. The number of hydrogen-bond donors (Lipinski definition) is 1. The second kappa shape index (κ2) is 6.15. The SMILES string of the molecule is OCCN1CCC2CC1c1cc(-c3ccc(C(F)(F)F)cc3)ccc12. The topological polar surface area (TPSA) is 23.5 Å². The molecule has 0 spiro atoms. The summed E-state index contributed by atoms with van der Waals surface area (Å²) in [5, 5.41) is 9.28. The second-order valence-corrected chi connectivity index (χ2v) is 6.92. The minimum Gasteiger partial charge on any atom is -0.395 e. The van der Waals surface area contributed by atoms with E-state index in [4.69, 9.17) is 0 Å². The molecule has 4 rings (SSSR count). The first-order valence-electron chi connectivity index (χ1n) is 8.64. The molecule has 1 fully saturated rings. The molecule has 0 radical (unpaired) electrons. The number of alkyl halides is 3. The molecule has 2 bridgehead atoms. The van der Waals surface area contributed by atoms with Crippen LogP contribution in [0.3, 0.4) is 0 Å². The van der Waals surface area contributed by atoms with E-state index in [0.717, 1.165) is 42.6 Å². The van der Waals surface area contributed by atoms with Gasteiger partial charge in [0.1, 0.15) is 0 Å². The molecule has 1 aliphatic heterocycles. The maximum absolute atomic E-state index is 12.7. The predicted octanol–water partition coefficient (Wildman–Crippen LogP) is 4.60. The molecule has 2 aliphatic rings. The number of aliphatic hydroxyl groups is 1. The molecule has 2 aromatic carbocycles. The van der Waals surface area contributed by atoms with Crippen LogP contribution in [0.15, 0.2) is 42.5 Å². The first-order chi connectivity index (χ1) is 12.0. The number of halogens is 3. The Balaban J connectivity index is 1.67. The summed E-state index contributed by atoms with van der Waals surface area (Å²) in [5.41, 5.74) is 3.76. The van der Waals surface area contributed by atoms with Crippen LogP contribution < -0.4 is 0 Å². The molecule has 1 aliphatic carbocycles. The minimum atomic E-state index is -4.31. The van der Waals surface area contributed by atoms with Crippen LogP contribution in [-0.2, 0) is 6.18 Å². The lowest BCUT2D eigenvalue weighted by molar-refractivity contribution is -0.137. The highest BCUT2D eigenvalue weighted by atomic mass is 19.4. The number of benzene rings is 2. The van der Waals surface area contributed by atoms with Gasteiger partial charge in [0.05, 0.1) is 12.2 Å². The molecule has 1 saturated heterocycles. The van der Waals surface area contributed by atoms with Crippen molar-refractivity contribution in [1.29, 1.82) is 0 Å². The fourth-order valence-electron chi connectivity index (χ4n) is 4.28. The molecule has 132 valence electrons. The maximum atomic E-state index is 12.7. The van der Waals surface area contributed by atoms with Gasteiger partial charge in [-0.2, -0.15) is 13.2 Å². The molecule has 25 heavy (non-hydrogen) atoms. The summed E-state index contributed by atoms with van der Waals surface area (Å²) in [6.45, 7) is 1.80. The van der Waals surface area contributed by atoms with Gasteiger partial charge >= 0.3 is 6.18 Å². The van der Waals surface area contributed by atoms with Gasteiger partial charge in [0, 0.05) is 12.6 Å². The van der Waals surface area contributed by atoms with Crippen LogP contribution in [0, 0.1) is 0 Å². The molecule has 0 saturated carbocycles. The molecule has 2 unspecified atom stereocenters. The number of piperidine rings is 1. The van der Waals surface area contributed by atoms with E-state index >= 15 is 0 Å². The fraction of sp³-hybridized carbons (Fsp3) is 0.400. The molecule has 2 aromatic rings. The average Bonchev–Trinajstić information content (AvgIpc) is 2.90. The first-order valence-corrected chi connectivity index (χ1v) is 8.64. The summed E-state index contributed by atoms with van der Waals surface area (Å²) < 4.78 is 38.2. The second-order valence-electron chi connectivity index (χ2n) is 6.92. The molecular weight excluding hydrogens is 327 g/mol. The van der Waals surface area contributed by atoms with Gasteiger partial charge in [-0.3, -0.25) is 4.90 Å². The lowest BCUT2D eigenvalue weighted by Gasteiger charge is -2.33. The molecule has 1 N–H and O–H groups in total. The van der Waals surface area contributed by atoms with Crippen molar-refractivity contribution >= 4 is 0 Å². The zero-order chi connectivity index (χ0) is 17.6. The Morgan fingerprint density at radius 2 is 1.72 bits per heavy atom. The van der Waals surface area contributed by atoms with E-state index in [9.17, 15) is 18.3 Å². The van der Waals surface area contributed by atoms with Crippen LogP contribution >= 0.6 is 0 Å². The molecule has 5 heteroatoms. The van der Waals surface area contributed by atoms with Gasteiger partial charge in [0.2, 0.25) is 0 Å². The normalized spacial score (nSPS) is 22.9. The van der Waals surface area contributed by atoms with Crippen molar-refractivity contribution in [3.05, 3.63) is 59.2 Å². The summed E-state index contributed by atoms with van der Waals surface area (Å²) in [5.74, 6) is 0.566. The third-order valence-corrected chi connectivity index (χ3v) is 5.53. The highest BCUT2D eigenvalue weighted by Crippen LogP contribution is 2.49. The smallest absolute Gasteiger partial charge is 0.395 e. The van der Waals surface area contributed by atoms with Gasteiger partial charge in [-0.05, 0) is 65.8 Å². The lowest BCUT2D eigenvalue weighted by atomic mass is 9.94. The maximum Gasteiger partial charge on any atom is 0.416 e. The van der Waals surface area contributed by atoms with Crippen molar-refractivity contribution in [2.45, 2.75) is 31.0 Å². The number of aliphatic hydroxyl groups excluding tert-OH is 1. The Morgan fingerprint density at radius 3 is 2.40 bits per heavy atom. The highest BCUT2D eigenvalue weighted by molar-refractivity contribution is 5.66. The van der Waals surface area contributed by atoms with E-state index < -0.39 is 11.7 Å². The Kier molecular flexibility index (Phi) is 4.08. The molecule has 1 heterocycles. The molecule has 0 amide bonds. The van der Waals surface area contributed by atoms with E-state index in [1.54, 1.807) is 0 Å². The number of nitrogens with zero attached hydrogens (tertiary/aromatic N) is 1. The van der Waals surface area contributed by atoms with E-state index in [0.29, 0.717) is 18.5 Å². The predicted molar refractivity (Wildman–Crippen MR) is 90.3 cm³/mol. The Labute approximate surface area is 144 Å². The van der Waals surface area contributed by atoms with Crippen molar-refractivity contribution in [2.75, 3.05) is 19.7 Å². The van der Waals surface area contributed by atoms with Crippen molar-refractivity contribution in [3.8, 4) is 11.1 Å². The Morgan fingerprint density at radius 1 is 1.00 bits per heavy atom. The first kappa shape index (κ1) is 16.6. The third-order valence-electron chi connectivity index (χ3n) is 5.53. The summed E-state index contributed by atoms with van der Waals surface area (Å²) in [7, 11) is 0. The van der Waals surface area contributed by atoms with Gasteiger partial charge in [0.25, 0.3) is 0 Å². The number of rotatable bonds is 3. The zero-order valence-corrected chi connectivity index (χ0v) is 13.8. The van der Waals surface area contributed by atoms with Gasteiger partial charge in [-0.15, -0.1) is 0 Å². The summed E-state index contributed by atoms with van der Waals surface area (Å²) >= 11 is 0. The van der Waals surface area contributed by atoms with E-state index in [1.807, 2.05) is 6.07 Å². The van der Waals surface area contributed by atoms with Crippen LogP contribution in [0.4, 0.5) is 13.2 Å². The molecule has 2 atom stereocenters. The van der Waals surface area contributed by atoms with E-state index in [2.05, 4.69) is 17.0 Å². The molecule has 2 nitrogen and oxygen atoms in total. The Bertz CT molecular complexity index is 770.